The molecule has 0 atom stereocenters. The molecule has 0 fully saturated rings. The van der Waals surface area contributed by atoms with Crippen molar-refractivity contribution >= 4 is 17.4 Å². The third kappa shape index (κ3) is 21.8. The molecule has 1 heterocycles. The van der Waals surface area contributed by atoms with Gasteiger partial charge in [-0.2, -0.15) is 0 Å². The number of aryl methyl sites for hydroxylation is 1. The van der Waals surface area contributed by atoms with Crippen LogP contribution in [0.5, 0.6) is 5.75 Å². The molecular weight excluding hydrogens is 669 g/mol. The molecule has 0 saturated heterocycles. The summed E-state index contributed by atoms with van der Waals surface area (Å²) in [4.78, 5) is 11.5. The van der Waals surface area contributed by atoms with Crippen LogP contribution in [0.25, 0.3) is 0 Å². The van der Waals surface area contributed by atoms with Crippen LogP contribution in [0.4, 0.5) is 5.69 Å². The Labute approximate surface area is 334 Å². The Morgan fingerprint density at radius 3 is 1.70 bits per heavy atom. The van der Waals surface area contributed by atoms with Crippen LogP contribution in [-0.4, -0.2) is 100 Å². The summed E-state index contributed by atoms with van der Waals surface area (Å²) in [5.41, 5.74) is 3.49. The highest BCUT2D eigenvalue weighted by molar-refractivity contribution is 7.99. The summed E-state index contributed by atoms with van der Waals surface area (Å²) in [6.45, 7) is 25.1. The van der Waals surface area contributed by atoms with Gasteiger partial charge in [0.25, 0.3) is 0 Å². The summed E-state index contributed by atoms with van der Waals surface area (Å²) in [7, 11) is 4.27. The summed E-state index contributed by atoms with van der Waals surface area (Å²) < 4.78 is 5.80. The monoisotopic (exact) mass is 749 g/mol. The number of rotatable bonds is 24. The molecule has 0 N–H and O–H groups in total. The van der Waals surface area contributed by atoms with Gasteiger partial charge in [-0.05, 0) is 119 Å². The lowest BCUT2D eigenvalue weighted by Gasteiger charge is -2.32. The zero-order chi connectivity index (χ0) is 39.7. The fourth-order valence-electron chi connectivity index (χ4n) is 6.81. The number of fused-ring (bicyclic) bond motifs is 1. The van der Waals surface area contributed by atoms with Gasteiger partial charge in [-0.15, -0.1) is 37.5 Å². The van der Waals surface area contributed by atoms with E-state index in [4.69, 9.17) is 4.74 Å². The van der Waals surface area contributed by atoms with Gasteiger partial charge >= 0.3 is 0 Å². The van der Waals surface area contributed by atoms with Crippen molar-refractivity contribution in [1.82, 2.24) is 14.7 Å². The fraction of sp³-hybridized carbons (Fsp3) is 0.660. The second-order valence-corrected chi connectivity index (χ2v) is 15.3. The number of para-hydroxylation sites is 1. The van der Waals surface area contributed by atoms with Gasteiger partial charge in [0.05, 0.1) is 6.61 Å². The van der Waals surface area contributed by atoms with Crippen LogP contribution in [0.1, 0.15) is 111 Å². The van der Waals surface area contributed by atoms with Crippen molar-refractivity contribution in [2.24, 2.45) is 5.41 Å². The van der Waals surface area contributed by atoms with Gasteiger partial charge in [-0.1, -0.05) is 85.4 Å². The van der Waals surface area contributed by atoms with Crippen LogP contribution in [-0.2, 0) is 6.42 Å². The molecule has 300 valence electrons. The third-order valence-electron chi connectivity index (χ3n) is 10.5. The number of likely N-dealkylation sites (N-methyl/N-ethyl adjacent to an activating group) is 2. The molecule has 2 aromatic rings. The average Bonchev–Trinajstić information content (AvgIpc) is 3.39. The Balaban J connectivity index is 0.000000946. The van der Waals surface area contributed by atoms with Crippen molar-refractivity contribution in [3.63, 3.8) is 0 Å². The molecule has 6 heteroatoms. The lowest BCUT2D eigenvalue weighted by atomic mass is 9.75. The molecule has 1 aliphatic rings. The average molecular weight is 749 g/mol. The summed E-state index contributed by atoms with van der Waals surface area (Å²) >= 11 is 2.12. The van der Waals surface area contributed by atoms with Crippen molar-refractivity contribution in [1.29, 1.82) is 0 Å². The quantitative estimate of drug-likeness (QED) is 0.0782. The summed E-state index contributed by atoms with van der Waals surface area (Å²) in [5, 5.41) is 0. The lowest BCUT2D eigenvalue weighted by Crippen LogP contribution is -2.40. The van der Waals surface area contributed by atoms with Crippen molar-refractivity contribution < 1.29 is 4.74 Å². The van der Waals surface area contributed by atoms with Crippen LogP contribution < -0.4 is 9.64 Å². The lowest BCUT2D eigenvalue weighted by molar-refractivity contribution is 0.182. The van der Waals surface area contributed by atoms with E-state index >= 15 is 0 Å². The summed E-state index contributed by atoms with van der Waals surface area (Å²) in [5.74, 6) is 2.30. The normalized spacial score (nSPS) is 13.0. The first-order chi connectivity index (χ1) is 25.8. The topological polar surface area (TPSA) is 22.2 Å². The Morgan fingerprint density at radius 1 is 0.642 bits per heavy atom. The van der Waals surface area contributed by atoms with Crippen molar-refractivity contribution in [2.45, 2.75) is 117 Å². The van der Waals surface area contributed by atoms with E-state index < -0.39 is 0 Å². The smallest absolute Gasteiger partial charge is 0.119 e. The molecule has 3 rings (SSSR count). The molecule has 5 nitrogen and oxygen atoms in total. The van der Waals surface area contributed by atoms with E-state index in [1.807, 2.05) is 30.3 Å². The number of terminal acetylenes is 2. The first kappa shape index (κ1) is 50.4. The van der Waals surface area contributed by atoms with E-state index in [-0.39, 0.29) is 0 Å². The standard InChI is InChI=1S/C23H43N3O.C20H33NS.2C2H2/c1-5-24(6-2)18-20-26(21-19-25(7-3)8-4)17-13-10-14-22-27-23-15-11-9-12-16-23;1-5-7-12-20(13-8-6-2)14-11-17-15-18(21(3)4)9-10-19(17)22-16-20;2*1-2/h9,11-12,15-16H,5-8,10,13-14,17-22H2,1-4H3;9-10,15H,5-8,11-14,16H2,1-4H3;2*1-2H. The fourth-order valence-corrected chi connectivity index (χ4v) is 8.21. The Bertz CT molecular complexity index is 1130. The molecule has 0 spiro atoms. The van der Waals surface area contributed by atoms with E-state index in [9.17, 15) is 0 Å². The molecule has 0 aliphatic carbocycles. The van der Waals surface area contributed by atoms with Gasteiger partial charge in [0, 0.05) is 56.6 Å². The van der Waals surface area contributed by atoms with Crippen molar-refractivity contribution in [2.75, 3.05) is 90.3 Å². The first-order valence-corrected chi connectivity index (χ1v) is 21.8. The highest BCUT2D eigenvalue weighted by Crippen LogP contribution is 2.45. The van der Waals surface area contributed by atoms with E-state index in [0.717, 1.165) is 45.0 Å². The van der Waals surface area contributed by atoms with Crippen LogP contribution in [0.15, 0.2) is 53.4 Å². The Hall–Kier alpha value is -2.61. The van der Waals surface area contributed by atoms with Crippen LogP contribution in [0.2, 0.25) is 0 Å². The van der Waals surface area contributed by atoms with Gasteiger partial charge in [0.15, 0.2) is 0 Å². The first-order valence-electron chi connectivity index (χ1n) is 20.8. The summed E-state index contributed by atoms with van der Waals surface area (Å²) in [6.07, 6.45) is 30.6. The zero-order valence-corrected chi connectivity index (χ0v) is 36.4. The minimum absolute atomic E-state index is 0.577. The van der Waals surface area contributed by atoms with Crippen molar-refractivity contribution in [3.8, 4) is 31.4 Å². The maximum absolute atomic E-state index is 5.80. The predicted molar refractivity (Wildman–Crippen MR) is 239 cm³/mol. The van der Waals surface area contributed by atoms with Crippen LogP contribution in [0.3, 0.4) is 0 Å². The zero-order valence-electron chi connectivity index (χ0n) is 35.6. The number of nitrogens with zero attached hydrogens (tertiary/aromatic N) is 4. The van der Waals surface area contributed by atoms with E-state index in [2.05, 4.69) is 131 Å². The molecule has 0 saturated carbocycles. The largest absolute Gasteiger partial charge is 0.494 e. The molecule has 1 aliphatic heterocycles. The van der Waals surface area contributed by atoms with E-state index in [1.165, 1.54) is 113 Å². The number of benzene rings is 2. The third-order valence-corrected chi connectivity index (χ3v) is 12.0. The minimum atomic E-state index is 0.577. The number of ether oxygens (including phenoxy) is 1. The Morgan fingerprint density at radius 2 is 1.19 bits per heavy atom. The number of anilines is 1. The van der Waals surface area contributed by atoms with Crippen LogP contribution >= 0.6 is 11.8 Å². The molecule has 0 bridgehead atoms. The van der Waals surface area contributed by atoms with Gasteiger partial charge < -0.3 is 24.3 Å². The SMILES string of the molecule is C#C.C#C.CCCCC1(CCCC)CCc2cc(N(C)C)ccc2SC1.CCN(CC)CCN(CCCCCOc1ccccc1)CCN(CC)CC. The molecule has 2 aromatic carbocycles. The molecule has 53 heavy (non-hydrogen) atoms. The molecule has 0 aromatic heterocycles. The maximum Gasteiger partial charge on any atom is 0.119 e. The Kier molecular flexibility index (Phi) is 31.2. The van der Waals surface area contributed by atoms with E-state index in [1.54, 1.807) is 5.56 Å². The number of unbranched alkanes of at least 4 members (excludes halogenated alkanes) is 4. The second kappa shape index (κ2) is 32.8. The van der Waals surface area contributed by atoms with Gasteiger partial charge in [-0.25, -0.2) is 0 Å². The molecule has 0 radical (unpaired) electrons. The van der Waals surface area contributed by atoms with Gasteiger partial charge in [-0.3, -0.25) is 0 Å². The number of hydrogen-bond acceptors (Lipinski definition) is 6. The highest BCUT2D eigenvalue weighted by atomic mass is 32.2. The molecule has 0 unspecified atom stereocenters. The number of hydrogen-bond donors (Lipinski definition) is 0. The summed E-state index contributed by atoms with van der Waals surface area (Å²) in [6, 6.07) is 17.2. The predicted octanol–water partition coefficient (Wildman–Crippen LogP) is 10.9. The van der Waals surface area contributed by atoms with Gasteiger partial charge in [0.1, 0.15) is 5.75 Å². The molecule has 0 amide bonds. The van der Waals surface area contributed by atoms with Crippen LogP contribution in [0, 0.1) is 31.1 Å². The maximum atomic E-state index is 5.80. The van der Waals surface area contributed by atoms with E-state index in [0.29, 0.717) is 5.41 Å². The number of thioether (sulfide) groups is 1. The second-order valence-electron chi connectivity index (χ2n) is 14.3. The van der Waals surface area contributed by atoms with Crippen molar-refractivity contribution in [3.05, 3.63) is 54.1 Å². The highest BCUT2D eigenvalue weighted by Gasteiger charge is 2.31. The minimum Gasteiger partial charge on any atom is -0.494 e. The van der Waals surface area contributed by atoms with Gasteiger partial charge in [0.2, 0.25) is 0 Å². The molecular formula is C47H80N4OS.